The first-order valence-corrected chi connectivity index (χ1v) is 6.56. The molecule has 0 aromatic heterocycles. The predicted octanol–water partition coefficient (Wildman–Crippen LogP) is 2.66. The van der Waals surface area contributed by atoms with Gasteiger partial charge in [0, 0.05) is 0 Å². The van der Waals surface area contributed by atoms with Crippen LogP contribution in [0.3, 0.4) is 0 Å². The molecule has 1 fully saturated rings. The summed E-state index contributed by atoms with van der Waals surface area (Å²) in [7, 11) is 0. The number of nitrogens with zero attached hydrogens (tertiary/aromatic N) is 1. The Labute approximate surface area is 106 Å². The fraction of sp³-hybridized carbons (Fsp3) is 0.385. The molecule has 0 aliphatic carbocycles. The van der Waals surface area contributed by atoms with Gasteiger partial charge < -0.3 is 5.32 Å². The van der Waals surface area contributed by atoms with E-state index in [4.69, 9.17) is 0 Å². The second kappa shape index (κ2) is 4.92. The molecule has 2 rings (SSSR count). The third-order valence-corrected chi connectivity index (χ3v) is 3.76. The van der Waals surface area contributed by atoms with E-state index in [0.717, 1.165) is 10.7 Å². The highest BCUT2D eigenvalue weighted by Gasteiger charge is 2.26. The number of amidine groups is 1. The van der Waals surface area contributed by atoms with Gasteiger partial charge in [-0.25, -0.2) is 0 Å². The van der Waals surface area contributed by atoms with Crippen LogP contribution in [0.25, 0.3) is 0 Å². The van der Waals surface area contributed by atoms with Gasteiger partial charge in [0.25, 0.3) is 0 Å². The summed E-state index contributed by atoms with van der Waals surface area (Å²) in [6.07, 6.45) is 0. The molecule has 0 radical (unpaired) electrons. The molecule has 1 heterocycles. The summed E-state index contributed by atoms with van der Waals surface area (Å²) in [6, 6.07) is 8.39. The number of carbonyl (C=O) groups excluding carboxylic acids is 1. The van der Waals surface area contributed by atoms with Crippen molar-refractivity contribution < 1.29 is 4.79 Å². The number of thioether (sulfide) groups is 1. The molecule has 1 unspecified atom stereocenters. The molecule has 1 amide bonds. The Morgan fingerprint density at radius 2 is 2.00 bits per heavy atom. The van der Waals surface area contributed by atoms with E-state index in [1.165, 1.54) is 17.3 Å². The van der Waals surface area contributed by atoms with Gasteiger partial charge in [-0.05, 0) is 26.3 Å². The zero-order valence-corrected chi connectivity index (χ0v) is 11.0. The van der Waals surface area contributed by atoms with Crippen molar-refractivity contribution in [2.75, 3.05) is 0 Å². The Morgan fingerprint density at radius 1 is 1.35 bits per heavy atom. The molecule has 3 nitrogen and oxygen atoms in total. The summed E-state index contributed by atoms with van der Waals surface area (Å²) >= 11 is 1.49. The summed E-state index contributed by atoms with van der Waals surface area (Å²) in [4.78, 5) is 15.9. The highest BCUT2D eigenvalue weighted by atomic mass is 32.2. The third kappa shape index (κ3) is 2.88. The lowest BCUT2D eigenvalue weighted by molar-refractivity contribution is -0.118. The molecule has 1 saturated heterocycles. The van der Waals surface area contributed by atoms with Gasteiger partial charge in [-0.15, -0.1) is 0 Å². The van der Waals surface area contributed by atoms with Crippen molar-refractivity contribution in [1.82, 2.24) is 5.32 Å². The lowest BCUT2D eigenvalue weighted by Gasteiger charge is -2.08. The maximum atomic E-state index is 11.3. The Kier molecular flexibility index (Phi) is 3.52. The fourth-order valence-electron chi connectivity index (χ4n) is 1.62. The number of carbonyl (C=O) groups is 1. The standard InChI is InChI=1S/C13H16N2OS/c1-8-4-6-11(7-5-8)9(2)14-13-15-12(16)10(3)17-13/h4-7,9-10H,1-3H3,(H,14,15,16)/t9-,10?/m0/s1. The predicted molar refractivity (Wildman–Crippen MR) is 72.2 cm³/mol. The van der Waals surface area contributed by atoms with Crippen LogP contribution < -0.4 is 5.32 Å². The monoisotopic (exact) mass is 248 g/mol. The molecule has 2 atom stereocenters. The topological polar surface area (TPSA) is 41.5 Å². The van der Waals surface area contributed by atoms with Crippen molar-refractivity contribution in [3.8, 4) is 0 Å². The van der Waals surface area contributed by atoms with Gasteiger partial charge in [-0.2, -0.15) is 0 Å². The molecular formula is C13H16N2OS. The van der Waals surface area contributed by atoms with Crippen LogP contribution in [0.5, 0.6) is 0 Å². The minimum atomic E-state index is -0.0287. The molecule has 1 N–H and O–H groups in total. The average molecular weight is 248 g/mol. The first kappa shape index (κ1) is 12.2. The van der Waals surface area contributed by atoms with E-state index < -0.39 is 0 Å². The van der Waals surface area contributed by atoms with Crippen molar-refractivity contribution in [3.63, 3.8) is 0 Å². The van der Waals surface area contributed by atoms with Crippen molar-refractivity contribution in [2.24, 2.45) is 4.99 Å². The first-order valence-electron chi connectivity index (χ1n) is 5.68. The molecule has 1 aliphatic rings. The maximum absolute atomic E-state index is 11.3. The summed E-state index contributed by atoms with van der Waals surface area (Å²) in [6.45, 7) is 5.99. The normalized spacial score (nSPS) is 23.8. The fourth-order valence-corrected chi connectivity index (χ4v) is 2.49. The number of aryl methyl sites for hydroxylation is 1. The zero-order chi connectivity index (χ0) is 12.4. The van der Waals surface area contributed by atoms with Gasteiger partial charge >= 0.3 is 0 Å². The Hall–Kier alpha value is -1.29. The van der Waals surface area contributed by atoms with Crippen LogP contribution in [0.15, 0.2) is 29.3 Å². The Morgan fingerprint density at radius 3 is 2.53 bits per heavy atom. The van der Waals surface area contributed by atoms with E-state index in [1.807, 2.05) is 13.8 Å². The molecule has 4 heteroatoms. The lowest BCUT2D eigenvalue weighted by atomic mass is 10.1. The summed E-state index contributed by atoms with van der Waals surface area (Å²) in [5.74, 6) is 0.0462. The SMILES string of the molecule is Cc1ccc([C@H](C)N=C2NC(=O)C(C)S2)cc1. The second-order valence-corrected chi connectivity index (χ2v) is 5.60. The van der Waals surface area contributed by atoms with Gasteiger partial charge in [0.2, 0.25) is 5.91 Å². The van der Waals surface area contributed by atoms with Crippen LogP contribution in [0.2, 0.25) is 0 Å². The number of nitrogens with one attached hydrogen (secondary N) is 1. The van der Waals surface area contributed by atoms with Gasteiger partial charge in [0.1, 0.15) is 0 Å². The molecule has 1 aliphatic heterocycles. The number of aliphatic imine (C=N–C) groups is 1. The van der Waals surface area contributed by atoms with Gasteiger partial charge in [-0.1, -0.05) is 41.6 Å². The van der Waals surface area contributed by atoms with Crippen LogP contribution in [0, 0.1) is 6.92 Å². The van der Waals surface area contributed by atoms with Crippen LogP contribution in [-0.2, 0) is 4.79 Å². The molecule has 0 spiro atoms. The molecule has 17 heavy (non-hydrogen) atoms. The van der Waals surface area contributed by atoms with E-state index in [1.54, 1.807) is 0 Å². The van der Waals surface area contributed by atoms with E-state index in [2.05, 4.69) is 41.5 Å². The van der Waals surface area contributed by atoms with Crippen molar-refractivity contribution in [1.29, 1.82) is 0 Å². The Balaban J connectivity index is 2.11. The number of hydrogen-bond acceptors (Lipinski definition) is 3. The Bertz CT molecular complexity index is 453. The molecule has 1 aromatic carbocycles. The first-order chi connectivity index (χ1) is 8.06. The minimum absolute atomic E-state index is 0.0287. The van der Waals surface area contributed by atoms with Gasteiger partial charge in [0.05, 0.1) is 11.3 Å². The molecule has 0 bridgehead atoms. The third-order valence-electron chi connectivity index (χ3n) is 2.76. The summed E-state index contributed by atoms with van der Waals surface area (Å²) in [5, 5.41) is 3.49. The number of benzene rings is 1. The molecular weight excluding hydrogens is 232 g/mol. The molecule has 1 aromatic rings. The maximum Gasteiger partial charge on any atom is 0.239 e. The average Bonchev–Trinajstić information content (AvgIpc) is 2.58. The number of amides is 1. The molecule has 90 valence electrons. The van der Waals surface area contributed by atoms with E-state index in [0.29, 0.717) is 0 Å². The summed E-state index contributed by atoms with van der Waals surface area (Å²) in [5.41, 5.74) is 2.41. The smallest absolute Gasteiger partial charge is 0.239 e. The van der Waals surface area contributed by atoms with Crippen LogP contribution >= 0.6 is 11.8 Å². The highest BCUT2D eigenvalue weighted by Crippen LogP contribution is 2.23. The van der Waals surface area contributed by atoms with E-state index in [9.17, 15) is 4.79 Å². The second-order valence-electron chi connectivity index (χ2n) is 4.27. The quantitative estimate of drug-likeness (QED) is 0.874. The van der Waals surface area contributed by atoms with E-state index >= 15 is 0 Å². The van der Waals surface area contributed by atoms with Crippen molar-refractivity contribution in [2.45, 2.75) is 32.1 Å². The minimum Gasteiger partial charge on any atom is -0.304 e. The molecule has 0 saturated carbocycles. The van der Waals surface area contributed by atoms with E-state index in [-0.39, 0.29) is 17.2 Å². The van der Waals surface area contributed by atoms with Gasteiger partial charge in [0.15, 0.2) is 5.17 Å². The largest absolute Gasteiger partial charge is 0.304 e. The zero-order valence-electron chi connectivity index (χ0n) is 10.2. The summed E-state index contributed by atoms with van der Waals surface area (Å²) < 4.78 is 0. The highest BCUT2D eigenvalue weighted by molar-refractivity contribution is 8.15. The van der Waals surface area contributed by atoms with Crippen LogP contribution in [0.1, 0.15) is 31.0 Å². The van der Waals surface area contributed by atoms with Crippen molar-refractivity contribution in [3.05, 3.63) is 35.4 Å². The number of rotatable bonds is 2. The van der Waals surface area contributed by atoms with Crippen LogP contribution in [0.4, 0.5) is 0 Å². The lowest BCUT2D eigenvalue weighted by Crippen LogP contribution is -2.23. The number of hydrogen-bond donors (Lipinski definition) is 1. The van der Waals surface area contributed by atoms with Crippen LogP contribution in [-0.4, -0.2) is 16.3 Å². The van der Waals surface area contributed by atoms with Gasteiger partial charge in [-0.3, -0.25) is 9.79 Å². The van der Waals surface area contributed by atoms with Crippen molar-refractivity contribution >= 4 is 22.8 Å².